The zero-order valence-corrected chi connectivity index (χ0v) is 13.1. The average Bonchev–Trinajstić information content (AvgIpc) is 2.55. The fraction of sp³-hybridized carbons (Fsp3) is 0.125. The number of oxime groups is 1. The number of ether oxygens (including phenoxy) is 1. The standard InChI is InChI=1S/C16H15N3O5/c1-11(20)18-13-4-6-14(7-5-13)24-16-8-3-12(10-17-23-2)9-15(16)19(21)22/h3-10H,1-2H3,(H,18,20)/b17-10-. The van der Waals surface area contributed by atoms with Crippen molar-refractivity contribution in [3.8, 4) is 11.5 Å². The molecule has 0 aliphatic carbocycles. The van der Waals surface area contributed by atoms with E-state index in [9.17, 15) is 14.9 Å². The molecule has 8 heteroatoms. The highest BCUT2D eigenvalue weighted by Gasteiger charge is 2.16. The lowest BCUT2D eigenvalue weighted by molar-refractivity contribution is -0.385. The van der Waals surface area contributed by atoms with Crippen LogP contribution in [0.25, 0.3) is 0 Å². The zero-order valence-electron chi connectivity index (χ0n) is 13.1. The number of carbonyl (C=O) groups excluding carboxylic acids is 1. The molecule has 0 radical (unpaired) electrons. The van der Waals surface area contributed by atoms with Gasteiger partial charge in [-0.15, -0.1) is 0 Å². The number of hydrogen-bond donors (Lipinski definition) is 1. The largest absolute Gasteiger partial charge is 0.450 e. The molecule has 0 spiro atoms. The van der Waals surface area contributed by atoms with Gasteiger partial charge in [-0.1, -0.05) is 5.16 Å². The molecule has 0 atom stereocenters. The predicted molar refractivity (Wildman–Crippen MR) is 88.5 cm³/mol. The van der Waals surface area contributed by atoms with Gasteiger partial charge in [-0.25, -0.2) is 0 Å². The number of benzene rings is 2. The molecule has 2 aromatic rings. The third-order valence-electron chi connectivity index (χ3n) is 2.89. The second-order valence-corrected chi connectivity index (χ2v) is 4.71. The first-order valence-corrected chi connectivity index (χ1v) is 6.90. The molecule has 0 aliphatic heterocycles. The molecular weight excluding hydrogens is 314 g/mol. The molecule has 0 bridgehead atoms. The second-order valence-electron chi connectivity index (χ2n) is 4.71. The van der Waals surface area contributed by atoms with Crippen LogP contribution in [0.3, 0.4) is 0 Å². The first-order valence-electron chi connectivity index (χ1n) is 6.90. The molecule has 0 saturated carbocycles. The lowest BCUT2D eigenvalue weighted by Crippen LogP contribution is -2.05. The SMILES string of the molecule is CO/N=C\c1ccc(Oc2ccc(NC(C)=O)cc2)c([N+](=O)[O-])c1. The van der Waals surface area contributed by atoms with E-state index >= 15 is 0 Å². The number of nitro benzene ring substituents is 1. The maximum atomic E-state index is 11.2. The van der Waals surface area contributed by atoms with Crippen molar-refractivity contribution in [1.82, 2.24) is 0 Å². The van der Waals surface area contributed by atoms with Gasteiger partial charge in [0.05, 0.1) is 11.1 Å². The summed E-state index contributed by atoms with van der Waals surface area (Å²) in [7, 11) is 1.38. The van der Waals surface area contributed by atoms with Crippen molar-refractivity contribution in [1.29, 1.82) is 0 Å². The lowest BCUT2D eigenvalue weighted by atomic mass is 10.2. The van der Waals surface area contributed by atoms with Crippen LogP contribution in [-0.4, -0.2) is 24.2 Å². The van der Waals surface area contributed by atoms with Crippen LogP contribution in [0.1, 0.15) is 12.5 Å². The first-order chi connectivity index (χ1) is 11.5. The van der Waals surface area contributed by atoms with Gasteiger partial charge in [0.2, 0.25) is 11.7 Å². The van der Waals surface area contributed by atoms with E-state index in [1.807, 2.05) is 0 Å². The number of nitrogens with one attached hydrogen (secondary N) is 1. The van der Waals surface area contributed by atoms with Crippen molar-refractivity contribution in [2.24, 2.45) is 5.16 Å². The highest BCUT2D eigenvalue weighted by Crippen LogP contribution is 2.32. The maximum Gasteiger partial charge on any atom is 0.312 e. The molecule has 8 nitrogen and oxygen atoms in total. The summed E-state index contributed by atoms with van der Waals surface area (Å²) < 4.78 is 5.56. The van der Waals surface area contributed by atoms with Gasteiger partial charge in [0, 0.05) is 24.2 Å². The van der Waals surface area contributed by atoms with Gasteiger partial charge in [-0.05, 0) is 36.4 Å². The first kappa shape index (κ1) is 16.9. The van der Waals surface area contributed by atoms with E-state index in [1.165, 1.54) is 32.4 Å². The van der Waals surface area contributed by atoms with Gasteiger partial charge >= 0.3 is 5.69 Å². The van der Waals surface area contributed by atoms with Crippen LogP contribution >= 0.6 is 0 Å². The Balaban J connectivity index is 2.23. The number of nitrogens with zero attached hydrogens (tertiary/aromatic N) is 2. The van der Waals surface area contributed by atoms with E-state index in [0.29, 0.717) is 17.0 Å². The van der Waals surface area contributed by atoms with Gasteiger partial charge in [-0.3, -0.25) is 14.9 Å². The van der Waals surface area contributed by atoms with Crippen molar-refractivity contribution >= 4 is 23.5 Å². The van der Waals surface area contributed by atoms with Crippen LogP contribution in [-0.2, 0) is 9.63 Å². The minimum absolute atomic E-state index is 0.0989. The minimum Gasteiger partial charge on any atom is -0.450 e. The molecule has 0 saturated heterocycles. The van der Waals surface area contributed by atoms with E-state index in [0.717, 1.165) is 0 Å². The molecule has 1 amide bonds. The number of carbonyl (C=O) groups is 1. The van der Waals surface area contributed by atoms with Gasteiger partial charge in [0.1, 0.15) is 12.9 Å². The van der Waals surface area contributed by atoms with E-state index in [2.05, 4.69) is 15.3 Å². The molecule has 0 heterocycles. The van der Waals surface area contributed by atoms with Gasteiger partial charge in [0.25, 0.3) is 0 Å². The lowest BCUT2D eigenvalue weighted by Gasteiger charge is -2.08. The highest BCUT2D eigenvalue weighted by atomic mass is 16.6. The third-order valence-corrected chi connectivity index (χ3v) is 2.89. The van der Waals surface area contributed by atoms with Gasteiger partial charge < -0.3 is 14.9 Å². The molecule has 2 rings (SSSR count). The number of amides is 1. The summed E-state index contributed by atoms with van der Waals surface area (Å²) in [4.78, 5) is 26.2. The summed E-state index contributed by atoms with van der Waals surface area (Å²) in [6.45, 7) is 1.40. The Hall–Kier alpha value is -3.42. The summed E-state index contributed by atoms with van der Waals surface area (Å²) in [6, 6.07) is 10.9. The second kappa shape index (κ2) is 7.73. The number of rotatable bonds is 6. The Kier molecular flexibility index (Phi) is 5.45. The van der Waals surface area contributed by atoms with Crippen LogP contribution in [0, 0.1) is 10.1 Å². The molecule has 1 N–H and O–H groups in total. The van der Waals surface area contributed by atoms with Gasteiger partial charge in [-0.2, -0.15) is 0 Å². The van der Waals surface area contributed by atoms with Crippen LogP contribution < -0.4 is 10.1 Å². The van der Waals surface area contributed by atoms with E-state index in [1.54, 1.807) is 30.3 Å². The summed E-state index contributed by atoms with van der Waals surface area (Å²) in [5.41, 5.74) is 0.924. The molecule has 0 fully saturated rings. The van der Waals surface area contributed by atoms with E-state index < -0.39 is 4.92 Å². The maximum absolute atomic E-state index is 11.2. The molecule has 124 valence electrons. The fourth-order valence-corrected chi connectivity index (χ4v) is 1.89. The summed E-state index contributed by atoms with van der Waals surface area (Å²) in [5.74, 6) is 0.319. The van der Waals surface area contributed by atoms with Crippen LogP contribution in [0.4, 0.5) is 11.4 Å². The monoisotopic (exact) mass is 329 g/mol. The number of hydrogen-bond acceptors (Lipinski definition) is 6. The third kappa shape index (κ3) is 4.54. The summed E-state index contributed by atoms with van der Waals surface area (Å²) in [5, 5.41) is 17.4. The molecule has 24 heavy (non-hydrogen) atoms. The van der Waals surface area contributed by atoms with Crippen LogP contribution in [0.2, 0.25) is 0 Å². The fourth-order valence-electron chi connectivity index (χ4n) is 1.89. The Labute approximate surface area is 137 Å². The summed E-state index contributed by atoms with van der Waals surface area (Å²) in [6.07, 6.45) is 1.36. The molecule has 2 aromatic carbocycles. The number of nitro groups is 1. The minimum atomic E-state index is -0.537. The molecule has 0 unspecified atom stereocenters. The smallest absolute Gasteiger partial charge is 0.312 e. The average molecular weight is 329 g/mol. The van der Waals surface area contributed by atoms with Crippen molar-refractivity contribution in [2.75, 3.05) is 12.4 Å². The van der Waals surface area contributed by atoms with Crippen molar-refractivity contribution in [3.05, 3.63) is 58.1 Å². The van der Waals surface area contributed by atoms with Crippen molar-refractivity contribution in [3.63, 3.8) is 0 Å². The normalized spacial score (nSPS) is 10.4. The summed E-state index contributed by atoms with van der Waals surface area (Å²) >= 11 is 0. The van der Waals surface area contributed by atoms with E-state index in [4.69, 9.17) is 4.74 Å². The van der Waals surface area contributed by atoms with Gasteiger partial charge in [0.15, 0.2) is 0 Å². The molecule has 0 aromatic heterocycles. The Morgan fingerprint density at radius 3 is 2.54 bits per heavy atom. The van der Waals surface area contributed by atoms with Crippen molar-refractivity contribution < 1.29 is 19.3 Å². The molecule has 0 aliphatic rings. The zero-order chi connectivity index (χ0) is 17.5. The molecular formula is C16H15N3O5. The van der Waals surface area contributed by atoms with Crippen molar-refractivity contribution in [2.45, 2.75) is 6.92 Å². The predicted octanol–water partition coefficient (Wildman–Crippen LogP) is 3.33. The Bertz CT molecular complexity index is 772. The quantitative estimate of drug-likeness (QED) is 0.497. The Morgan fingerprint density at radius 1 is 1.25 bits per heavy atom. The topological polar surface area (TPSA) is 103 Å². The van der Waals surface area contributed by atoms with Crippen LogP contribution in [0.15, 0.2) is 47.6 Å². The van der Waals surface area contributed by atoms with E-state index in [-0.39, 0.29) is 17.3 Å². The highest BCUT2D eigenvalue weighted by molar-refractivity contribution is 5.88. The van der Waals surface area contributed by atoms with Crippen LogP contribution in [0.5, 0.6) is 11.5 Å². The number of anilines is 1. The Morgan fingerprint density at radius 2 is 1.96 bits per heavy atom.